The van der Waals surface area contributed by atoms with Crippen LogP contribution in [0.3, 0.4) is 0 Å². The van der Waals surface area contributed by atoms with Crippen molar-refractivity contribution < 1.29 is 8.42 Å². The Hall–Kier alpha value is -0.430. The van der Waals surface area contributed by atoms with Crippen molar-refractivity contribution in [1.29, 1.82) is 0 Å². The highest BCUT2D eigenvalue weighted by Crippen LogP contribution is 2.24. The maximum atomic E-state index is 11.7. The zero-order valence-electron chi connectivity index (χ0n) is 9.12. The second-order valence-electron chi connectivity index (χ2n) is 3.31. The molecule has 0 saturated heterocycles. The lowest BCUT2D eigenvalue weighted by Crippen LogP contribution is -2.30. The minimum Gasteiger partial charge on any atom is -0.318 e. The Balaban J connectivity index is 2.77. The minimum atomic E-state index is -3.31. The van der Waals surface area contributed by atoms with Crippen LogP contribution in [0.1, 0.15) is 10.4 Å². The molecule has 15 heavy (non-hydrogen) atoms. The Morgan fingerprint density at radius 2 is 2.00 bits per heavy atom. The summed E-state index contributed by atoms with van der Waals surface area (Å²) >= 11 is 1.31. The van der Waals surface area contributed by atoms with E-state index in [-0.39, 0.29) is 0 Å². The molecule has 0 aliphatic carbocycles. The molecule has 1 rings (SSSR count). The van der Waals surface area contributed by atoms with E-state index in [1.807, 2.05) is 13.8 Å². The van der Waals surface area contributed by atoms with Gasteiger partial charge in [0, 0.05) is 18.0 Å². The standard InChI is InChI=1S/C9H16N2O2S2/c1-7-6-9(14-8(7)2)15(12,13)11-5-4-10-3/h6,10-11H,4-5H2,1-3H3. The summed E-state index contributed by atoms with van der Waals surface area (Å²) in [7, 11) is -1.52. The normalized spacial score (nSPS) is 11.9. The summed E-state index contributed by atoms with van der Waals surface area (Å²) in [6.07, 6.45) is 0. The Morgan fingerprint density at radius 3 is 2.47 bits per heavy atom. The Kier molecular flexibility index (Phi) is 4.27. The van der Waals surface area contributed by atoms with Gasteiger partial charge >= 0.3 is 0 Å². The monoisotopic (exact) mass is 248 g/mol. The molecule has 0 radical (unpaired) electrons. The van der Waals surface area contributed by atoms with Gasteiger partial charge in [-0.1, -0.05) is 0 Å². The summed E-state index contributed by atoms with van der Waals surface area (Å²) < 4.78 is 26.4. The van der Waals surface area contributed by atoms with Crippen LogP contribution in [0.25, 0.3) is 0 Å². The summed E-state index contributed by atoms with van der Waals surface area (Å²) in [6.45, 7) is 4.88. The van der Waals surface area contributed by atoms with Gasteiger partial charge in [-0.25, -0.2) is 13.1 Å². The van der Waals surface area contributed by atoms with Gasteiger partial charge in [-0.05, 0) is 32.5 Å². The molecule has 0 aliphatic rings. The number of hydrogen-bond donors (Lipinski definition) is 2. The fourth-order valence-corrected chi connectivity index (χ4v) is 3.65. The highest BCUT2D eigenvalue weighted by Gasteiger charge is 2.16. The van der Waals surface area contributed by atoms with Gasteiger partial charge in [0.05, 0.1) is 0 Å². The first-order valence-electron chi connectivity index (χ1n) is 4.68. The molecule has 0 atom stereocenters. The van der Waals surface area contributed by atoms with E-state index < -0.39 is 10.0 Å². The third kappa shape index (κ3) is 3.27. The van der Waals surface area contributed by atoms with E-state index in [0.717, 1.165) is 10.4 Å². The second-order valence-corrected chi connectivity index (χ2v) is 6.56. The lowest BCUT2D eigenvalue weighted by molar-refractivity contribution is 0.581. The average Bonchev–Trinajstić information content (AvgIpc) is 2.48. The number of nitrogens with one attached hydrogen (secondary N) is 2. The first-order chi connectivity index (χ1) is 6.97. The third-order valence-corrected chi connectivity index (χ3v) is 5.16. The first kappa shape index (κ1) is 12.6. The van der Waals surface area contributed by atoms with Gasteiger partial charge in [-0.2, -0.15) is 0 Å². The van der Waals surface area contributed by atoms with Gasteiger partial charge < -0.3 is 5.32 Å². The van der Waals surface area contributed by atoms with Crippen LogP contribution in [0.4, 0.5) is 0 Å². The van der Waals surface area contributed by atoms with Crippen molar-refractivity contribution in [3.8, 4) is 0 Å². The topological polar surface area (TPSA) is 58.2 Å². The van der Waals surface area contributed by atoms with Gasteiger partial charge in [0.25, 0.3) is 0 Å². The van der Waals surface area contributed by atoms with Gasteiger partial charge in [0.15, 0.2) is 0 Å². The molecule has 0 bridgehead atoms. The molecule has 0 saturated carbocycles. The van der Waals surface area contributed by atoms with Crippen molar-refractivity contribution in [2.75, 3.05) is 20.1 Å². The molecule has 0 aliphatic heterocycles. The predicted molar refractivity (Wildman–Crippen MR) is 62.9 cm³/mol. The second kappa shape index (κ2) is 5.07. The largest absolute Gasteiger partial charge is 0.318 e. The van der Waals surface area contributed by atoms with Crippen molar-refractivity contribution >= 4 is 21.4 Å². The van der Waals surface area contributed by atoms with E-state index >= 15 is 0 Å². The van der Waals surface area contributed by atoms with Crippen LogP contribution < -0.4 is 10.0 Å². The Labute approximate surface area is 94.8 Å². The van der Waals surface area contributed by atoms with Crippen LogP contribution in [0, 0.1) is 13.8 Å². The number of thiophene rings is 1. The summed E-state index contributed by atoms with van der Waals surface area (Å²) in [5.74, 6) is 0. The van der Waals surface area contributed by atoms with Crippen LogP contribution in [0.15, 0.2) is 10.3 Å². The van der Waals surface area contributed by atoms with Crippen LogP contribution >= 0.6 is 11.3 Å². The van der Waals surface area contributed by atoms with Crippen molar-refractivity contribution in [3.05, 3.63) is 16.5 Å². The summed E-state index contributed by atoms with van der Waals surface area (Å²) in [6, 6.07) is 1.71. The van der Waals surface area contributed by atoms with E-state index in [9.17, 15) is 8.42 Å². The van der Waals surface area contributed by atoms with Crippen LogP contribution in [0.2, 0.25) is 0 Å². The number of likely N-dealkylation sites (N-methyl/N-ethyl adjacent to an activating group) is 1. The van der Waals surface area contributed by atoms with Gasteiger partial charge in [0.1, 0.15) is 4.21 Å². The Morgan fingerprint density at radius 1 is 1.33 bits per heavy atom. The molecule has 0 amide bonds. The predicted octanol–water partition coefficient (Wildman–Crippen LogP) is 0.863. The molecule has 86 valence electrons. The fourth-order valence-electron chi connectivity index (χ4n) is 1.05. The molecular weight excluding hydrogens is 232 g/mol. The molecule has 1 aromatic rings. The van der Waals surface area contributed by atoms with E-state index in [1.165, 1.54) is 11.3 Å². The molecule has 0 spiro atoms. The molecule has 6 heteroatoms. The molecule has 1 aromatic heterocycles. The quantitative estimate of drug-likeness (QED) is 0.760. The number of rotatable bonds is 5. The van der Waals surface area contributed by atoms with Gasteiger partial charge in [-0.15, -0.1) is 11.3 Å². The summed E-state index contributed by atoms with van der Waals surface area (Å²) in [4.78, 5) is 1.05. The van der Waals surface area contributed by atoms with Crippen LogP contribution in [-0.4, -0.2) is 28.6 Å². The van der Waals surface area contributed by atoms with E-state index in [2.05, 4.69) is 10.0 Å². The summed E-state index contributed by atoms with van der Waals surface area (Å²) in [5.41, 5.74) is 1.02. The van der Waals surface area contributed by atoms with E-state index in [4.69, 9.17) is 0 Å². The van der Waals surface area contributed by atoms with Gasteiger partial charge in [0.2, 0.25) is 10.0 Å². The molecule has 2 N–H and O–H groups in total. The minimum absolute atomic E-state index is 0.397. The zero-order valence-corrected chi connectivity index (χ0v) is 10.8. The molecule has 1 heterocycles. The number of sulfonamides is 1. The summed E-state index contributed by atoms with van der Waals surface area (Å²) in [5, 5.41) is 2.88. The third-order valence-electron chi connectivity index (χ3n) is 2.08. The van der Waals surface area contributed by atoms with Crippen molar-refractivity contribution in [1.82, 2.24) is 10.0 Å². The Bertz CT molecular complexity index is 404. The SMILES string of the molecule is CNCCNS(=O)(=O)c1cc(C)c(C)s1. The van der Waals surface area contributed by atoms with Gasteiger partial charge in [-0.3, -0.25) is 0 Å². The lowest BCUT2D eigenvalue weighted by atomic mass is 10.3. The maximum Gasteiger partial charge on any atom is 0.250 e. The van der Waals surface area contributed by atoms with Crippen molar-refractivity contribution in [2.24, 2.45) is 0 Å². The smallest absolute Gasteiger partial charge is 0.250 e. The number of hydrogen-bond acceptors (Lipinski definition) is 4. The maximum absolute atomic E-state index is 11.7. The van der Waals surface area contributed by atoms with Crippen LogP contribution in [0.5, 0.6) is 0 Å². The fraction of sp³-hybridized carbons (Fsp3) is 0.556. The highest BCUT2D eigenvalue weighted by atomic mass is 32.2. The lowest BCUT2D eigenvalue weighted by Gasteiger charge is -2.03. The average molecular weight is 248 g/mol. The van der Waals surface area contributed by atoms with E-state index in [1.54, 1.807) is 13.1 Å². The number of aryl methyl sites for hydroxylation is 2. The molecule has 4 nitrogen and oxygen atoms in total. The molecule has 0 fully saturated rings. The molecule has 0 unspecified atom stereocenters. The van der Waals surface area contributed by atoms with Crippen LogP contribution in [-0.2, 0) is 10.0 Å². The first-order valence-corrected chi connectivity index (χ1v) is 6.98. The highest BCUT2D eigenvalue weighted by molar-refractivity contribution is 7.91. The van der Waals surface area contributed by atoms with Crippen molar-refractivity contribution in [3.63, 3.8) is 0 Å². The van der Waals surface area contributed by atoms with E-state index in [0.29, 0.717) is 17.3 Å². The molecule has 0 aromatic carbocycles. The molecular formula is C9H16N2O2S2. The zero-order chi connectivity index (χ0) is 11.5. The van der Waals surface area contributed by atoms with Crippen molar-refractivity contribution in [2.45, 2.75) is 18.1 Å².